The van der Waals surface area contributed by atoms with E-state index in [4.69, 9.17) is 9.47 Å². The summed E-state index contributed by atoms with van der Waals surface area (Å²) in [5.41, 5.74) is 1.93. The lowest BCUT2D eigenvalue weighted by Crippen LogP contribution is -2.50. The van der Waals surface area contributed by atoms with Gasteiger partial charge < -0.3 is 19.7 Å². The van der Waals surface area contributed by atoms with Crippen LogP contribution in [0.2, 0.25) is 0 Å². The number of methoxy groups -OCH3 is 1. The van der Waals surface area contributed by atoms with Gasteiger partial charge in [0.1, 0.15) is 17.5 Å². The van der Waals surface area contributed by atoms with Crippen LogP contribution in [0.3, 0.4) is 0 Å². The zero-order valence-electron chi connectivity index (χ0n) is 19.2. The number of para-hydroxylation sites is 1. The molecule has 0 aromatic heterocycles. The molecule has 0 spiro atoms. The Bertz CT molecular complexity index is 866. The van der Waals surface area contributed by atoms with Gasteiger partial charge in [0.15, 0.2) is 6.61 Å². The van der Waals surface area contributed by atoms with Crippen molar-refractivity contribution in [1.82, 2.24) is 10.2 Å². The van der Waals surface area contributed by atoms with Crippen LogP contribution in [0.25, 0.3) is 0 Å². The molecule has 0 aliphatic carbocycles. The Kier molecular flexibility index (Phi) is 9.38. The van der Waals surface area contributed by atoms with Crippen molar-refractivity contribution in [2.24, 2.45) is 0 Å². The molecule has 31 heavy (non-hydrogen) atoms. The first-order valence-corrected chi connectivity index (χ1v) is 10.8. The molecule has 1 atom stereocenters. The maximum Gasteiger partial charge on any atom is 0.261 e. The number of rotatable bonds is 11. The lowest BCUT2D eigenvalue weighted by atomic mass is 10.0. The normalized spacial score (nSPS) is 11.7. The molecule has 0 saturated carbocycles. The molecule has 0 bridgehead atoms. The zero-order chi connectivity index (χ0) is 22.8. The zero-order valence-corrected chi connectivity index (χ0v) is 19.2. The Labute approximate surface area is 185 Å². The molecule has 6 heteroatoms. The molecule has 0 fully saturated rings. The van der Waals surface area contributed by atoms with E-state index in [0.717, 1.165) is 11.1 Å². The molecule has 1 N–H and O–H groups in total. The standard InChI is InChI=1S/C25H34N2O4/c1-6-22(25(29)26-7-2)27(16-19-11-10-12-20(15-19)30-5)24(28)17-31-23-14-9-8-13-21(23)18(3)4/h8-15,18,22H,6-7,16-17H2,1-5H3,(H,26,29). The van der Waals surface area contributed by atoms with Gasteiger partial charge in [0, 0.05) is 13.1 Å². The molecule has 2 rings (SSSR count). The van der Waals surface area contributed by atoms with Gasteiger partial charge in [-0.15, -0.1) is 0 Å². The maximum absolute atomic E-state index is 13.3. The molecule has 0 radical (unpaired) electrons. The predicted octanol–water partition coefficient (Wildman–Crippen LogP) is 4.14. The van der Waals surface area contributed by atoms with Crippen molar-refractivity contribution in [2.75, 3.05) is 20.3 Å². The summed E-state index contributed by atoms with van der Waals surface area (Å²) in [6, 6.07) is 14.7. The molecular formula is C25H34N2O4. The summed E-state index contributed by atoms with van der Waals surface area (Å²) in [7, 11) is 1.60. The molecule has 2 aromatic rings. The number of nitrogens with zero attached hydrogens (tertiary/aromatic N) is 1. The summed E-state index contributed by atoms with van der Waals surface area (Å²) in [6.45, 7) is 8.60. The van der Waals surface area contributed by atoms with E-state index in [1.54, 1.807) is 12.0 Å². The molecule has 2 aromatic carbocycles. The number of ether oxygens (including phenoxy) is 2. The molecule has 2 amide bonds. The van der Waals surface area contributed by atoms with E-state index in [-0.39, 0.29) is 24.3 Å². The summed E-state index contributed by atoms with van der Waals surface area (Å²) in [5.74, 6) is 1.28. The Morgan fingerprint density at radius 1 is 1.06 bits per heavy atom. The number of amides is 2. The van der Waals surface area contributed by atoms with Gasteiger partial charge in [-0.25, -0.2) is 0 Å². The van der Waals surface area contributed by atoms with Crippen LogP contribution in [0.5, 0.6) is 11.5 Å². The number of hydrogen-bond donors (Lipinski definition) is 1. The van der Waals surface area contributed by atoms with E-state index in [0.29, 0.717) is 31.0 Å². The van der Waals surface area contributed by atoms with E-state index in [1.807, 2.05) is 62.4 Å². The van der Waals surface area contributed by atoms with Gasteiger partial charge in [0.2, 0.25) is 5.91 Å². The average molecular weight is 427 g/mol. The van der Waals surface area contributed by atoms with Crippen molar-refractivity contribution in [2.45, 2.75) is 52.6 Å². The number of carbonyl (C=O) groups excluding carboxylic acids is 2. The van der Waals surface area contributed by atoms with Crippen LogP contribution in [-0.4, -0.2) is 43.0 Å². The Hall–Kier alpha value is -3.02. The SMILES string of the molecule is CCNC(=O)C(CC)N(Cc1cccc(OC)c1)C(=O)COc1ccccc1C(C)C. The molecular weight excluding hydrogens is 392 g/mol. The van der Waals surface area contributed by atoms with E-state index in [1.165, 1.54) is 0 Å². The summed E-state index contributed by atoms with van der Waals surface area (Å²) < 4.78 is 11.2. The number of hydrogen-bond acceptors (Lipinski definition) is 4. The Morgan fingerprint density at radius 2 is 1.81 bits per heavy atom. The van der Waals surface area contributed by atoms with Gasteiger partial charge in [0.25, 0.3) is 5.91 Å². The molecule has 0 heterocycles. The van der Waals surface area contributed by atoms with Crippen LogP contribution >= 0.6 is 0 Å². The largest absolute Gasteiger partial charge is 0.497 e. The number of likely N-dealkylation sites (N-methyl/N-ethyl adjacent to an activating group) is 1. The first-order valence-electron chi connectivity index (χ1n) is 10.8. The van der Waals surface area contributed by atoms with Gasteiger partial charge in [0.05, 0.1) is 7.11 Å². The smallest absolute Gasteiger partial charge is 0.261 e. The van der Waals surface area contributed by atoms with Crippen LogP contribution in [0.1, 0.15) is 51.2 Å². The van der Waals surface area contributed by atoms with Crippen molar-refractivity contribution >= 4 is 11.8 Å². The van der Waals surface area contributed by atoms with Crippen molar-refractivity contribution in [1.29, 1.82) is 0 Å². The number of benzene rings is 2. The summed E-state index contributed by atoms with van der Waals surface area (Å²) >= 11 is 0. The molecule has 168 valence electrons. The second-order valence-electron chi connectivity index (χ2n) is 7.67. The first-order chi connectivity index (χ1) is 14.9. The van der Waals surface area contributed by atoms with Gasteiger partial charge in [-0.05, 0) is 48.6 Å². The molecule has 1 unspecified atom stereocenters. The van der Waals surface area contributed by atoms with Crippen molar-refractivity contribution < 1.29 is 19.1 Å². The van der Waals surface area contributed by atoms with Crippen molar-refractivity contribution in [3.05, 3.63) is 59.7 Å². The predicted molar refractivity (Wildman–Crippen MR) is 122 cm³/mol. The second-order valence-corrected chi connectivity index (χ2v) is 7.67. The number of carbonyl (C=O) groups is 2. The Morgan fingerprint density at radius 3 is 2.45 bits per heavy atom. The van der Waals surface area contributed by atoms with Crippen LogP contribution in [-0.2, 0) is 16.1 Å². The third kappa shape index (κ3) is 6.74. The molecule has 0 saturated heterocycles. The maximum atomic E-state index is 13.3. The quantitative estimate of drug-likeness (QED) is 0.586. The minimum atomic E-state index is -0.581. The van der Waals surface area contributed by atoms with Gasteiger partial charge >= 0.3 is 0 Å². The average Bonchev–Trinajstić information content (AvgIpc) is 2.77. The number of nitrogens with one attached hydrogen (secondary N) is 1. The highest BCUT2D eigenvalue weighted by Crippen LogP contribution is 2.26. The van der Waals surface area contributed by atoms with Crippen LogP contribution in [0, 0.1) is 0 Å². The highest BCUT2D eigenvalue weighted by molar-refractivity contribution is 5.88. The topological polar surface area (TPSA) is 67.9 Å². The van der Waals surface area contributed by atoms with E-state index in [9.17, 15) is 9.59 Å². The van der Waals surface area contributed by atoms with Gasteiger partial charge in [-0.1, -0.05) is 51.1 Å². The molecule has 0 aliphatic heterocycles. The fraction of sp³-hybridized carbons (Fsp3) is 0.440. The minimum Gasteiger partial charge on any atom is -0.497 e. The third-order valence-corrected chi connectivity index (χ3v) is 5.12. The Balaban J connectivity index is 2.25. The van der Waals surface area contributed by atoms with Crippen LogP contribution in [0.15, 0.2) is 48.5 Å². The minimum absolute atomic E-state index is 0.135. The summed E-state index contributed by atoms with van der Waals surface area (Å²) in [4.78, 5) is 27.5. The first kappa shape index (κ1) is 24.3. The summed E-state index contributed by atoms with van der Waals surface area (Å²) in [6.07, 6.45) is 0.504. The van der Waals surface area contributed by atoms with Crippen molar-refractivity contribution in [3.8, 4) is 11.5 Å². The second kappa shape index (κ2) is 12.0. The highest BCUT2D eigenvalue weighted by atomic mass is 16.5. The lowest BCUT2D eigenvalue weighted by Gasteiger charge is -2.30. The van der Waals surface area contributed by atoms with Gasteiger partial charge in [-0.3, -0.25) is 9.59 Å². The van der Waals surface area contributed by atoms with Gasteiger partial charge in [-0.2, -0.15) is 0 Å². The van der Waals surface area contributed by atoms with E-state index >= 15 is 0 Å². The molecule has 6 nitrogen and oxygen atoms in total. The van der Waals surface area contributed by atoms with E-state index in [2.05, 4.69) is 19.2 Å². The van der Waals surface area contributed by atoms with Crippen LogP contribution in [0.4, 0.5) is 0 Å². The fourth-order valence-electron chi connectivity index (χ4n) is 3.49. The molecule has 0 aliphatic rings. The van der Waals surface area contributed by atoms with E-state index < -0.39 is 6.04 Å². The third-order valence-electron chi connectivity index (χ3n) is 5.12. The monoisotopic (exact) mass is 426 g/mol. The summed E-state index contributed by atoms with van der Waals surface area (Å²) in [5, 5.41) is 2.84. The fourth-order valence-corrected chi connectivity index (χ4v) is 3.49. The lowest BCUT2D eigenvalue weighted by molar-refractivity contribution is -0.142. The highest BCUT2D eigenvalue weighted by Gasteiger charge is 2.29. The van der Waals surface area contributed by atoms with Crippen molar-refractivity contribution in [3.63, 3.8) is 0 Å². The van der Waals surface area contributed by atoms with Crippen LogP contribution < -0.4 is 14.8 Å².